The van der Waals surface area contributed by atoms with E-state index in [4.69, 9.17) is 5.26 Å². The summed E-state index contributed by atoms with van der Waals surface area (Å²) in [6, 6.07) is 0. The summed E-state index contributed by atoms with van der Waals surface area (Å²) in [6.07, 6.45) is 0. The molecule has 0 fully saturated rings. The Morgan fingerprint density at radius 3 is 1.00 bits per heavy atom. The van der Waals surface area contributed by atoms with Gasteiger partial charge in [-0.25, -0.2) is 8.42 Å². The Labute approximate surface area is 123 Å². The first-order chi connectivity index (χ1) is 8.27. The van der Waals surface area contributed by atoms with E-state index in [1.54, 1.807) is 0 Å². The summed E-state index contributed by atoms with van der Waals surface area (Å²) in [7, 11) is -11.5. The maximum absolute atomic E-state index is 9.68. The average molecular weight is 374 g/mol. The zero-order valence-corrected chi connectivity index (χ0v) is 16.4. The van der Waals surface area contributed by atoms with E-state index in [0.717, 1.165) is 0 Å². The lowest BCUT2D eigenvalue weighted by Crippen LogP contribution is -2.20. The highest BCUT2D eigenvalue weighted by Crippen LogP contribution is 2.40. The van der Waals surface area contributed by atoms with Crippen LogP contribution >= 0.6 is 14.5 Å². The fraction of sp³-hybridized carbons (Fsp3) is 1.00. The lowest BCUT2D eigenvalue weighted by atomic mass is 11.8. The molecular weight excluding hydrogens is 350 g/mol. The van der Waals surface area contributed by atoms with Gasteiger partial charge in [0.25, 0.3) is 0 Å². The van der Waals surface area contributed by atoms with Gasteiger partial charge in [0.2, 0.25) is 10.4 Å². The van der Waals surface area contributed by atoms with Crippen molar-refractivity contribution in [3.8, 4) is 0 Å². The molecule has 0 aliphatic heterocycles. The molecule has 0 aromatic rings. The third-order valence-corrected chi connectivity index (χ3v) is 1.75. The SMILES string of the molecule is C[P+](C)(C)C.C[P+](C)(C)C.O=S(=O)([O-])OS(=O)(=O)O[O-]. The van der Waals surface area contributed by atoms with Gasteiger partial charge >= 0.3 is 10.4 Å². The molecule has 8 nitrogen and oxygen atoms in total. The van der Waals surface area contributed by atoms with Crippen LogP contribution in [0.5, 0.6) is 0 Å². The van der Waals surface area contributed by atoms with Gasteiger partial charge in [-0.3, -0.25) is 0 Å². The second-order valence-electron chi connectivity index (χ2n) is 6.32. The van der Waals surface area contributed by atoms with Crippen molar-refractivity contribution in [2.75, 3.05) is 53.3 Å². The summed E-state index contributed by atoms with van der Waals surface area (Å²) in [5, 5.41) is 9.01. The highest BCUT2D eigenvalue weighted by molar-refractivity contribution is 7.94. The second kappa shape index (κ2) is 9.58. The molecule has 0 saturated carbocycles. The van der Waals surface area contributed by atoms with Crippen LogP contribution in [-0.2, 0) is 28.8 Å². The molecule has 20 heavy (non-hydrogen) atoms. The zero-order chi connectivity index (χ0) is 17.4. The van der Waals surface area contributed by atoms with E-state index in [0.29, 0.717) is 0 Å². The van der Waals surface area contributed by atoms with Crippen LogP contribution in [0.3, 0.4) is 0 Å². The van der Waals surface area contributed by atoms with E-state index in [9.17, 15) is 21.4 Å². The molecule has 0 saturated heterocycles. The number of rotatable bonds is 3. The van der Waals surface area contributed by atoms with E-state index in [1.807, 2.05) is 0 Å². The molecule has 0 aromatic carbocycles. The van der Waals surface area contributed by atoms with E-state index in [-0.39, 0.29) is 14.5 Å². The molecule has 0 N–H and O–H groups in total. The van der Waals surface area contributed by atoms with Crippen molar-refractivity contribution >= 4 is 35.3 Å². The molecule has 12 heteroatoms. The standard InChI is InChI=1S/2C4H12P.H2O8S2/c2*1-5(2,3)4;1-7-10(5,6)8-9(2,3)4/h2*1-4H3;1H,(H,2,3,4)/q2*+1;/p-2. The molecule has 0 bridgehead atoms. The molecule has 0 unspecified atom stereocenters. The Hall–Kier alpha value is 0.600. The Morgan fingerprint density at radius 1 is 0.750 bits per heavy atom. The van der Waals surface area contributed by atoms with Crippen LogP contribution in [0.4, 0.5) is 0 Å². The molecule has 0 atom stereocenters. The smallest absolute Gasteiger partial charge is 0.405 e. The van der Waals surface area contributed by atoms with Gasteiger partial charge in [-0.05, 0) is 0 Å². The van der Waals surface area contributed by atoms with Crippen LogP contribution in [0.2, 0.25) is 0 Å². The predicted octanol–water partition coefficient (Wildman–Crippen LogP) is 0.0463. The largest absolute Gasteiger partial charge is 0.725 e. The molecule has 0 aliphatic rings. The van der Waals surface area contributed by atoms with Crippen molar-refractivity contribution in [1.29, 1.82) is 0 Å². The third kappa shape index (κ3) is 62.5. The highest BCUT2D eigenvalue weighted by Gasteiger charge is 2.10. The van der Waals surface area contributed by atoms with Crippen LogP contribution in [-0.4, -0.2) is 74.7 Å². The van der Waals surface area contributed by atoms with Crippen molar-refractivity contribution < 1.29 is 34.6 Å². The summed E-state index contributed by atoms with van der Waals surface area (Å²) in [5.41, 5.74) is 0. The van der Waals surface area contributed by atoms with Crippen molar-refractivity contribution in [2.45, 2.75) is 0 Å². The minimum absolute atomic E-state index is 0.389. The van der Waals surface area contributed by atoms with Crippen molar-refractivity contribution in [2.24, 2.45) is 0 Å². The fourth-order valence-corrected chi connectivity index (χ4v) is 1.02. The summed E-state index contributed by atoms with van der Waals surface area (Å²) >= 11 is 0. The molecule has 0 aliphatic carbocycles. The Morgan fingerprint density at radius 2 is 0.950 bits per heavy atom. The van der Waals surface area contributed by atoms with Crippen molar-refractivity contribution in [1.82, 2.24) is 0 Å². The summed E-state index contributed by atoms with van der Waals surface area (Å²) in [4.78, 5) is 0. The maximum atomic E-state index is 9.68. The second-order valence-corrected chi connectivity index (χ2v) is 19.4. The Balaban J connectivity index is -0.000000244. The van der Waals surface area contributed by atoms with E-state index < -0.39 is 20.8 Å². The molecule has 0 aromatic heterocycles. The van der Waals surface area contributed by atoms with Crippen LogP contribution < -0.4 is 5.26 Å². The normalized spacial score (nSPS) is 12.7. The lowest BCUT2D eigenvalue weighted by Gasteiger charge is -2.08. The molecule has 0 amide bonds. The predicted molar refractivity (Wildman–Crippen MR) is 82.0 cm³/mol. The van der Waals surface area contributed by atoms with Crippen LogP contribution in [0, 0.1) is 0 Å². The van der Waals surface area contributed by atoms with Crippen molar-refractivity contribution in [3.63, 3.8) is 0 Å². The van der Waals surface area contributed by atoms with Gasteiger partial charge in [-0.15, -0.1) is 3.63 Å². The van der Waals surface area contributed by atoms with Crippen LogP contribution in [0.25, 0.3) is 0 Å². The minimum Gasteiger partial charge on any atom is -0.725 e. The van der Waals surface area contributed by atoms with Gasteiger partial charge in [-0.2, -0.15) is 8.42 Å². The molecule has 0 spiro atoms. The number of hydrogen-bond donors (Lipinski definition) is 0. The van der Waals surface area contributed by atoms with Gasteiger partial charge in [-0.1, -0.05) is 0 Å². The van der Waals surface area contributed by atoms with Crippen LogP contribution in [0.15, 0.2) is 0 Å². The lowest BCUT2D eigenvalue weighted by molar-refractivity contribution is -0.636. The van der Waals surface area contributed by atoms with Gasteiger partial charge in [0.05, 0.1) is 0 Å². The summed E-state index contributed by atoms with van der Waals surface area (Å²) in [5.74, 6) is 0. The Kier molecular flexibility index (Phi) is 12.2. The summed E-state index contributed by atoms with van der Waals surface area (Å²) < 4.78 is 52.5. The molecule has 126 valence electrons. The first-order valence-corrected chi connectivity index (χ1v) is 14.9. The average Bonchev–Trinajstić information content (AvgIpc) is 1.92. The first kappa shape index (κ1) is 25.5. The van der Waals surface area contributed by atoms with Gasteiger partial charge < -0.3 is 14.1 Å². The van der Waals surface area contributed by atoms with E-state index >= 15 is 0 Å². The van der Waals surface area contributed by atoms with Crippen molar-refractivity contribution in [3.05, 3.63) is 0 Å². The Bertz CT molecular complexity index is 420. The monoisotopic (exact) mass is 374 g/mol. The zero-order valence-electron chi connectivity index (χ0n) is 13.0. The fourth-order valence-electron chi connectivity index (χ4n) is 0.113. The highest BCUT2D eigenvalue weighted by atomic mass is 32.3. The third-order valence-electron chi connectivity index (χ3n) is 0.250. The number of hydrogen-bond acceptors (Lipinski definition) is 8. The van der Waals surface area contributed by atoms with Gasteiger partial charge in [0, 0.05) is 67.8 Å². The minimum atomic E-state index is -5.46. The molecule has 0 heterocycles. The summed E-state index contributed by atoms with van der Waals surface area (Å²) in [6.45, 7) is 18.4. The maximum Gasteiger partial charge on any atom is 0.405 e. The first-order valence-electron chi connectivity index (χ1n) is 5.08. The van der Waals surface area contributed by atoms with Gasteiger partial charge in [0.1, 0.15) is 0 Å². The topological polar surface area (TPSA) is 133 Å². The molecule has 0 rings (SSSR count). The molecular formula is C8H24O8P2S2. The van der Waals surface area contributed by atoms with Gasteiger partial charge in [0.15, 0.2) is 0 Å². The van der Waals surface area contributed by atoms with E-state index in [2.05, 4.69) is 61.3 Å². The van der Waals surface area contributed by atoms with Crippen LogP contribution in [0.1, 0.15) is 0 Å². The quantitative estimate of drug-likeness (QED) is 0.222. The molecule has 0 radical (unpaired) electrons. The van der Waals surface area contributed by atoms with E-state index in [1.165, 1.54) is 0 Å².